The van der Waals surface area contributed by atoms with E-state index in [1.54, 1.807) is 30.3 Å². The molecule has 2 aromatic rings. The Labute approximate surface area is 131 Å². The molecule has 0 unspecified atom stereocenters. The summed E-state index contributed by atoms with van der Waals surface area (Å²) in [4.78, 5) is 40.6. The highest BCUT2D eigenvalue weighted by Gasteiger charge is 2.38. The first-order valence-electron chi connectivity index (χ1n) is 6.83. The Morgan fingerprint density at radius 1 is 1.14 bits per heavy atom. The zero-order valence-corrected chi connectivity index (χ0v) is 12.8. The highest BCUT2D eigenvalue weighted by molar-refractivity contribution is 7.14. The summed E-state index contributed by atoms with van der Waals surface area (Å²) in [6, 6.07) is 12.1. The maximum atomic E-state index is 12.4. The second-order valence-electron chi connectivity index (χ2n) is 5.02. The van der Waals surface area contributed by atoms with Crippen molar-refractivity contribution < 1.29 is 14.4 Å². The number of benzene rings is 1. The van der Waals surface area contributed by atoms with Crippen LogP contribution < -0.4 is 4.90 Å². The van der Waals surface area contributed by atoms with Crippen molar-refractivity contribution in [1.29, 1.82) is 0 Å². The van der Waals surface area contributed by atoms with Gasteiger partial charge in [-0.15, -0.1) is 11.3 Å². The van der Waals surface area contributed by atoms with Crippen LogP contribution in [0.4, 0.5) is 10.5 Å². The van der Waals surface area contributed by atoms with Crippen molar-refractivity contribution in [1.82, 2.24) is 4.90 Å². The molecule has 0 atom stereocenters. The van der Waals surface area contributed by atoms with Gasteiger partial charge in [0.15, 0.2) is 5.78 Å². The molecule has 6 heteroatoms. The number of hydrogen-bond donors (Lipinski definition) is 0. The summed E-state index contributed by atoms with van der Waals surface area (Å²) in [6.07, 6.45) is 0. The molecule has 3 rings (SSSR count). The number of carbonyl (C=O) groups is 3. The summed E-state index contributed by atoms with van der Waals surface area (Å²) in [5, 5.41) is 0. The zero-order valence-electron chi connectivity index (χ0n) is 12.0. The van der Waals surface area contributed by atoms with Crippen LogP contribution in [0.3, 0.4) is 0 Å². The first kappa shape index (κ1) is 14.5. The molecule has 0 radical (unpaired) electrons. The van der Waals surface area contributed by atoms with Crippen LogP contribution in [0.2, 0.25) is 0 Å². The highest BCUT2D eigenvalue weighted by Crippen LogP contribution is 2.22. The monoisotopic (exact) mass is 314 g/mol. The van der Waals surface area contributed by atoms with E-state index in [2.05, 4.69) is 0 Å². The van der Waals surface area contributed by atoms with Crippen LogP contribution in [0.15, 0.2) is 42.5 Å². The molecule has 0 spiro atoms. The van der Waals surface area contributed by atoms with Gasteiger partial charge in [-0.05, 0) is 31.2 Å². The van der Waals surface area contributed by atoms with Gasteiger partial charge in [0.2, 0.25) is 0 Å². The summed E-state index contributed by atoms with van der Waals surface area (Å²) < 4.78 is 0. The fourth-order valence-corrected chi connectivity index (χ4v) is 3.11. The number of hydrogen-bond acceptors (Lipinski definition) is 4. The topological polar surface area (TPSA) is 57.7 Å². The number of thiophene rings is 1. The molecule has 1 aromatic heterocycles. The fourth-order valence-electron chi connectivity index (χ4n) is 2.31. The van der Waals surface area contributed by atoms with Crippen LogP contribution in [0.5, 0.6) is 0 Å². The zero-order chi connectivity index (χ0) is 15.7. The molecule has 1 aromatic carbocycles. The molecule has 112 valence electrons. The number of ketones is 1. The standard InChI is InChI=1S/C16H14N2O3S/c1-11-7-8-14(22-11)13(19)9-18-15(20)10-17(16(18)21)12-5-3-2-4-6-12/h2-8H,9-10H2,1H3. The molecule has 3 amide bonds. The molecule has 1 saturated heterocycles. The van der Waals surface area contributed by atoms with Gasteiger partial charge in [-0.25, -0.2) is 4.79 Å². The lowest BCUT2D eigenvalue weighted by atomic mass is 10.3. The van der Waals surface area contributed by atoms with Crippen molar-refractivity contribution in [3.05, 3.63) is 52.2 Å². The number of anilines is 1. The molecular weight excluding hydrogens is 300 g/mol. The normalized spacial score (nSPS) is 14.8. The Morgan fingerprint density at radius 2 is 1.86 bits per heavy atom. The summed E-state index contributed by atoms with van der Waals surface area (Å²) in [7, 11) is 0. The van der Waals surface area contributed by atoms with E-state index in [1.165, 1.54) is 16.2 Å². The average Bonchev–Trinajstić information content (AvgIpc) is 3.07. The molecule has 0 saturated carbocycles. The SMILES string of the molecule is Cc1ccc(C(=O)CN2C(=O)CN(c3ccccc3)C2=O)s1. The molecule has 0 N–H and O–H groups in total. The van der Waals surface area contributed by atoms with E-state index in [1.807, 2.05) is 19.1 Å². The Kier molecular flexibility index (Phi) is 3.77. The van der Waals surface area contributed by atoms with Gasteiger partial charge < -0.3 is 0 Å². The fraction of sp³-hybridized carbons (Fsp3) is 0.188. The number of para-hydroxylation sites is 1. The van der Waals surface area contributed by atoms with Crippen molar-refractivity contribution >= 4 is 34.7 Å². The average molecular weight is 314 g/mol. The smallest absolute Gasteiger partial charge is 0.291 e. The molecule has 1 aliphatic heterocycles. The quantitative estimate of drug-likeness (QED) is 0.644. The van der Waals surface area contributed by atoms with Crippen LogP contribution in [0.1, 0.15) is 14.5 Å². The van der Waals surface area contributed by atoms with E-state index >= 15 is 0 Å². The molecule has 2 heterocycles. The third-order valence-corrected chi connectivity index (χ3v) is 4.48. The third-order valence-electron chi connectivity index (χ3n) is 3.44. The Morgan fingerprint density at radius 3 is 2.50 bits per heavy atom. The lowest BCUT2D eigenvalue weighted by Gasteiger charge is -2.16. The van der Waals surface area contributed by atoms with Crippen molar-refractivity contribution in [2.75, 3.05) is 18.0 Å². The second kappa shape index (κ2) is 5.73. The van der Waals surface area contributed by atoms with Gasteiger partial charge in [-0.3, -0.25) is 19.4 Å². The maximum Gasteiger partial charge on any atom is 0.332 e. The van der Waals surface area contributed by atoms with Gasteiger partial charge in [0.1, 0.15) is 6.54 Å². The van der Waals surface area contributed by atoms with Crippen LogP contribution >= 0.6 is 11.3 Å². The minimum Gasteiger partial charge on any atom is -0.291 e. The molecule has 0 aliphatic carbocycles. The molecular formula is C16H14N2O3S. The van der Waals surface area contributed by atoms with Gasteiger partial charge in [-0.1, -0.05) is 18.2 Å². The van der Waals surface area contributed by atoms with Gasteiger partial charge in [0.25, 0.3) is 5.91 Å². The number of rotatable bonds is 4. The van der Waals surface area contributed by atoms with E-state index in [0.717, 1.165) is 9.78 Å². The van der Waals surface area contributed by atoms with Crippen LogP contribution in [0.25, 0.3) is 0 Å². The summed E-state index contributed by atoms with van der Waals surface area (Å²) in [6.45, 7) is 1.67. The summed E-state index contributed by atoms with van der Waals surface area (Å²) in [5.74, 6) is -0.565. The summed E-state index contributed by atoms with van der Waals surface area (Å²) >= 11 is 1.37. The molecule has 22 heavy (non-hydrogen) atoms. The first-order chi connectivity index (χ1) is 10.6. The second-order valence-corrected chi connectivity index (χ2v) is 6.31. The third kappa shape index (κ3) is 2.65. The number of carbonyl (C=O) groups excluding carboxylic acids is 3. The number of urea groups is 1. The van der Waals surface area contributed by atoms with Gasteiger partial charge in [0, 0.05) is 10.6 Å². The Bertz CT molecular complexity index is 739. The van der Waals surface area contributed by atoms with Crippen LogP contribution in [-0.2, 0) is 4.79 Å². The summed E-state index contributed by atoms with van der Waals surface area (Å²) in [5.41, 5.74) is 0.655. The number of Topliss-reactive ketones (excluding diaryl/α,β-unsaturated/α-hetero) is 1. The predicted molar refractivity (Wildman–Crippen MR) is 84.3 cm³/mol. The van der Waals surface area contributed by atoms with E-state index in [-0.39, 0.29) is 24.8 Å². The van der Waals surface area contributed by atoms with Gasteiger partial charge in [-0.2, -0.15) is 0 Å². The van der Waals surface area contributed by atoms with Crippen LogP contribution in [-0.4, -0.2) is 35.7 Å². The van der Waals surface area contributed by atoms with E-state index in [0.29, 0.717) is 10.6 Å². The molecule has 1 aliphatic rings. The van der Waals surface area contributed by atoms with E-state index < -0.39 is 6.03 Å². The van der Waals surface area contributed by atoms with Crippen molar-refractivity contribution in [3.63, 3.8) is 0 Å². The number of nitrogens with zero attached hydrogens (tertiary/aromatic N) is 2. The highest BCUT2D eigenvalue weighted by atomic mass is 32.1. The van der Waals surface area contributed by atoms with Gasteiger partial charge in [0.05, 0.1) is 11.4 Å². The predicted octanol–water partition coefficient (Wildman–Crippen LogP) is 2.71. The maximum absolute atomic E-state index is 12.4. The Balaban J connectivity index is 1.76. The number of amides is 3. The van der Waals surface area contributed by atoms with Crippen molar-refractivity contribution in [2.24, 2.45) is 0 Å². The van der Waals surface area contributed by atoms with Crippen LogP contribution in [0, 0.1) is 6.92 Å². The Hall–Kier alpha value is -2.47. The number of aryl methyl sites for hydroxylation is 1. The van der Waals surface area contributed by atoms with Gasteiger partial charge >= 0.3 is 6.03 Å². The number of imide groups is 1. The lowest BCUT2D eigenvalue weighted by Crippen LogP contribution is -2.36. The molecule has 5 nitrogen and oxygen atoms in total. The van der Waals surface area contributed by atoms with E-state index in [4.69, 9.17) is 0 Å². The first-order valence-corrected chi connectivity index (χ1v) is 7.64. The molecule has 0 bridgehead atoms. The lowest BCUT2D eigenvalue weighted by molar-refractivity contribution is -0.124. The molecule has 1 fully saturated rings. The van der Waals surface area contributed by atoms with Crippen molar-refractivity contribution in [2.45, 2.75) is 6.92 Å². The van der Waals surface area contributed by atoms with E-state index in [9.17, 15) is 14.4 Å². The minimum absolute atomic E-state index is 0.0282. The van der Waals surface area contributed by atoms with Crippen molar-refractivity contribution in [3.8, 4) is 0 Å². The minimum atomic E-state index is -0.446. The largest absolute Gasteiger partial charge is 0.332 e.